The molecule has 0 heterocycles. The summed E-state index contributed by atoms with van der Waals surface area (Å²) in [6, 6.07) is 6.69. The molecule has 0 saturated heterocycles. The van der Waals surface area contributed by atoms with Crippen molar-refractivity contribution in [1.82, 2.24) is 10.6 Å². The third-order valence-electron chi connectivity index (χ3n) is 4.15. The van der Waals surface area contributed by atoms with Gasteiger partial charge in [0.15, 0.2) is 0 Å². The lowest BCUT2D eigenvalue weighted by Gasteiger charge is -2.25. The molecule has 0 aliphatic heterocycles. The lowest BCUT2D eigenvalue weighted by atomic mass is 10.1. The highest BCUT2D eigenvalue weighted by Gasteiger charge is 2.25. The van der Waals surface area contributed by atoms with Crippen LogP contribution in [0, 0.1) is 0 Å². The second kappa shape index (κ2) is 8.21. The molecule has 0 radical (unpaired) electrons. The van der Waals surface area contributed by atoms with E-state index >= 15 is 0 Å². The Morgan fingerprint density at radius 1 is 1.42 bits per heavy atom. The average Bonchev–Trinajstić information content (AvgIpc) is 2.85. The van der Waals surface area contributed by atoms with Crippen LogP contribution < -0.4 is 10.6 Å². The quantitative estimate of drug-likeness (QED) is 0.786. The zero-order chi connectivity index (χ0) is 17.7. The van der Waals surface area contributed by atoms with Gasteiger partial charge in [-0.05, 0) is 63.3 Å². The number of benzene rings is 1. The van der Waals surface area contributed by atoms with E-state index < -0.39 is 5.60 Å². The second-order valence-corrected chi connectivity index (χ2v) is 7.91. The van der Waals surface area contributed by atoms with Crippen LogP contribution in [0.15, 0.2) is 18.2 Å². The van der Waals surface area contributed by atoms with Crippen LogP contribution >= 0.6 is 11.6 Å². The molecule has 0 bridgehead atoms. The van der Waals surface area contributed by atoms with Crippen molar-refractivity contribution in [2.75, 3.05) is 6.54 Å². The Bertz CT molecular complexity index is 569. The van der Waals surface area contributed by atoms with Crippen LogP contribution in [0.25, 0.3) is 0 Å². The van der Waals surface area contributed by atoms with Gasteiger partial charge < -0.3 is 15.4 Å². The van der Waals surface area contributed by atoms with E-state index in [1.165, 1.54) is 11.1 Å². The highest BCUT2D eigenvalue weighted by Crippen LogP contribution is 2.33. The van der Waals surface area contributed by atoms with Gasteiger partial charge in [0.05, 0.1) is 0 Å². The molecule has 2 rings (SSSR count). The highest BCUT2D eigenvalue weighted by atomic mass is 35.5. The molecule has 2 atom stereocenters. The first kappa shape index (κ1) is 19.1. The van der Waals surface area contributed by atoms with E-state index in [1.807, 2.05) is 26.8 Å². The summed E-state index contributed by atoms with van der Waals surface area (Å²) in [7, 11) is 0. The number of hydrogen-bond donors (Lipinski definition) is 2. The number of halogens is 1. The van der Waals surface area contributed by atoms with Crippen molar-refractivity contribution in [2.45, 2.75) is 71.1 Å². The number of ether oxygens (including phenoxy) is 1. The molecular formula is C19H29ClN2O2. The van der Waals surface area contributed by atoms with Crippen molar-refractivity contribution in [3.8, 4) is 0 Å². The molecule has 0 spiro atoms. The summed E-state index contributed by atoms with van der Waals surface area (Å²) in [5.41, 5.74) is 2.19. The maximum absolute atomic E-state index is 11.9. The summed E-state index contributed by atoms with van der Waals surface area (Å²) in [5, 5.41) is 7.38. The van der Waals surface area contributed by atoms with E-state index in [0.717, 1.165) is 30.7 Å². The van der Waals surface area contributed by atoms with Crippen molar-refractivity contribution >= 4 is 17.7 Å². The van der Waals surface area contributed by atoms with Crippen LogP contribution in [-0.2, 0) is 11.2 Å². The Balaban J connectivity index is 1.92. The summed E-state index contributed by atoms with van der Waals surface area (Å²) in [5.74, 6) is 0. The van der Waals surface area contributed by atoms with E-state index in [0.29, 0.717) is 12.6 Å². The van der Waals surface area contributed by atoms with Crippen molar-refractivity contribution in [3.63, 3.8) is 0 Å². The van der Waals surface area contributed by atoms with E-state index in [9.17, 15) is 4.79 Å². The first-order valence-corrected chi connectivity index (χ1v) is 9.17. The zero-order valence-electron chi connectivity index (χ0n) is 15.1. The number of fused-ring (bicyclic) bond motifs is 1. The number of hydrogen-bond acceptors (Lipinski definition) is 3. The Kier molecular flexibility index (Phi) is 6.53. The van der Waals surface area contributed by atoms with Crippen molar-refractivity contribution in [1.29, 1.82) is 0 Å². The third kappa shape index (κ3) is 5.67. The predicted molar refractivity (Wildman–Crippen MR) is 98.6 cm³/mol. The van der Waals surface area contributed by atoms with Crippen molar-refractivity contribution in [2.24, 2.45) is 0 Å². The average molecular weight is 353 g/mol. The number of nitrogens with one attached hydrogen (secondary N) is 2. The first-order chi connectivity index (χ1) is 11.3. The summed E-state index contributed by atoms with van der Waals surface area (Å²) < 4.78 is 5.31. The summed E-state index contributed by atoms with van der Waals surface area (Å²) in [6.45, 7) is 8.34. The van der Waals surface area contributed by atoms with Gasteiger partial charge >= 0.3 is 6.09 Å². The largest absolute Gasteiger partial charge is 0.444 e. The monoisotopic (exact) mass is 352 g/mol. The topological polar surface area (TPSA) is 50.4 Å². The maximum atomic E-state index is 11.9. The molecule has 1 aliphatic rings. The highest BCUT2D eigenvalue weighted by molar-refractivity contribution is 6.30. The normalized spacial score (nSPS) is 18.1. The molecule has 1 amide bonds. The fraction of sp³-hybridized carbons (Fsp3) is 0.632. The van der Waals surface area contributed by atoms with Gasteiger partial charge in [0, 0.05) is 23.7 Å². The van der Waals surface area contributed by atoms with Crippen LogP contribution in [0.2, 0.25) is 5.02 Å². The van der Waals surface area contributed by atoms with Crippen molar-refractivity contribution in [3.05, 3.63) is 34.3 Å². The lowest BCUT2D eigenvalue weighted by molar-refractivity contribution is 0.0521. The van der Waals surface area contributed by atoms with Gasteiger partial charge in [-0.3, -0.25) is 0 Å². The van der Waals surface area contributed by atoms with Crippen LogP contribution in [-0.4, -0.2) is 24.3 Å². The number of rotatable bonds is 6. The minimum Gasteiger partial charge on any atom is -0.444 e. The minimum atomic E-state index is -0.471. The van der Waals surface area contributed by atoms with Gasteiger partial charge in [0.25, 0.3) is 0 Å². The standard InChI is InChI=1S/C19H29ClN2O2/c1-5-6-15(12-21-18(23)24-19(2,3)4)22-17-10-7-13-11-14(20)8-9-16(13)17/h8-9,11,15,17,22H,5-7,10,12H2,1-4H3,(H,21,23). The predicted octanol–water partition coefficient (Wildman–Crippen LogP) is 4.61. The molecule has 1 aromatic carbocycles. The first-order valence-electron chi connectivity index (χ1n) is 8.79. The molecule has 4 nitrogen and oxygen atoms in total. The Morgan fingerprint density at radius 3 is 2.83 bits per heavy atom. The summed E-state index contributed by atoms with van der Waals surface area (Å²) in [4.78, 5) is 11.9. The molecule has 2 unspecified atom stereocenters. The van der Waals surface area contributed by atoms with Crippen LogP contribution in [0.3, 0.4) is 0 Å². The Hall–Kier alpha value is -1.26. The molecule has 0 saturated carbocycles. The third-order valence-corrected chi connectivity index (χ3v) is 4.38. The number of carbonyl (C=O) groups is 1. The van der Waals surface area contributed by atoms with Crippen LogP contribution in [0.5, 0.6) is 0 Å². The molecule has 0 aromatic heterocycles. The molecular weight excluding hydrogens is 324 g/mol. The Morgan fingerprint density at radius 2 is 2.17 bits per heavy atom. The van der Waals surface area contributed by atoms with Gasteiger partial charge in [-0.25, -0.2) is 4.79 Å². The zero-order valence-corrected chi connectivity index (χ0v) is 15.9. The Labute approximate surface area is 150 Å². The molecule has 5 heteroatoms. The van der Waals surface area contributed by atoms with Gasteiger partial charge in [-0.1, -0.05) is 31.0 Å². The van der Waals surface area contributed by atoms with Gasteiger partial charge in [0.2, 0.25) is 0 Å². The molecule has 0 fully saturated rings. The van der Waals surface area contributed by atoms with Crippen LogP contribution in [0.4, 0.5) is 4.79 Å². The summed E-state index contributed by atoms with van der Waals surface area (Å²) >= 11 is 6.08. The van der Waals surface area contributed by atoms with Crippen molar-refractivity contribution < 1.29 is 9.53 Å². The molecule has 24 heavy (non-hydrogen) atoms. The van der Waals surface area contributed by atoms with Gasteiger partial charge in [-0.15, -0.1) is 0 Å². The number of amides is 1. The van der Waals surface area contributed by atoms with Gasteiger partial charge in [-0.2, -0.15) is 0 Å². The van der Waals surface area contributed by atoms with E-state index in [1.54, 1.807) is 0 Å². The number of aryl methyl sites for hydroxylation is 1. The van der Waals surface area contributed by atoms with E-state index in [2.05, 4.69) is 29.7 Å². The maximum Gasteiger partial charge on any atom is 0.407 e. The minimum absolute atomic E-state index is 0.231. The summed E-state index contributed by atoms with van der Waals surface area (Å²) in [6.07, 6.45) is 3.83. The fourth-order valence-corrected chi connectivity index (χ4v) is 3.35. The number of alkyl carbamates (subject to hydrolysis) is 1. The molecule has 2 N–H and O–H groups in total. The molecule has 134 valence electrons. The van der Waals surface area contributed by atoms with E-state index in [4.69, 9.17) is 16.3 Å². The van der Waals surface area contributed by atoms with Crippen LogP contribution in [0.1, 0.15) is 64.1 Å². The van der Waals surface area contributed by atoms with E-state index in [-0.39, 0.29) is 12.1 Å². The lowest BCUT2D eigenvalue weighted by Crippen LogP contribution is -2.43. The van der Waals surface area contributed by atoms with Gasteiger partial charge in [0.1, 0.15) is 5.60 Å². The SMILES string of the molecule is CCCC(CNC(=O)OC(C)(C)C)NC1CCc2cc(Cl)ccc21. The fourth-order valence-electron chi connectivity index (χ4n) is 3.16. The molecule has 1 aromatic rings. The second-order valence-electron chi connectivity index (χ2n) is 7.47. The smallest absolute Gasteiger partial charge is 0.407 e. The number of carbonyl (C=O) groups excluding carboxylic acids is 1. The molecule has 1 aliphatic carbocycles.